The van der Waals surface area contributed by atoms with E-state index in [0.29, 0.717) is 37.3 Å². The summed E-state index contributed by atoms with van der Waals surface area (Å²) in [4.78, 5) is 13.5. The van der Waals surface area contributed by atoms with Crippen LogP contribution in [0.25, 0.3) is 4.85 Å². The van der Waals surface area contributed by atoms with Crippen molar-refractivity contribution < 1.29 is 13.5 Å². The highest BCUT2D eigenvalue weighted by Gasteiger charge is 2.35. The van der Waals surface area contributed by atoms with Crippen molar-refractivity contribution in [1.29, 1.82) is 0 Å². The molecule has 1 aliphatic rings. The fourth-order valence-corrected chi connectivity index (χ4v) is 2.91. The van der Waals surface area contributed by atoms with E-state index in [-0.39, 0.29) is 18.4 Å². The van der Waals surface area contributed by atoms with E-state index in [1.165, 1.54) is 4.68 Å². The van der Waals surface area contributed by atoms with Crippen LogP contribution in [0, 0.1) is 19.3 Å². The number of piperidine rings is 1. The minimum atomic E-state index is -1.50. The highest BCUT2D eigenvalue weighted by molar-refractivity contribution is 5.55. The van der Waals surface area contributed by atoms with Crippen LogP contribution in [0.1, 0.15) is 32.4 Å². The number of nitrogens with one attached hydrogen (secondary N) is 1. The van der Waals surface area contributed by atoms with Crippen LogP contribution in [-0.4, -0.2) is 57.1 Å². The number of aryl methyl sites for hydroxylation is 1. The monoisotopic (exact) mass is 405 g/mol. The third kappa shape index (κ3) is 4.79. The van der Waals surface area contributed by atoms with Gasteiger partial charge >= 0.3 is 5.66 Å². The van der Waals surface area contributed by atoms with Crippen molar-refractivity contribution in [2.45, 2.75) is 44.9 Å². The Morgan fingerprint density at radius 3 is 2.72 bits per heavy atom. The second kappa shape index (κ2) is 7.91. The fourth-order valence-electron chi connectivity index (χ4n) is 2.91. The van der Waals surface area contributed by atoms with Gasteiger partial charge in [0.25, 0.3) is 5.88 Å². The Bertz CT molecular complexity index is 914. The third-order valence-corrected chi connectivity index (χ3v) is 5.04. The zero-order chi connectivity index (χ0) is 21.2. The van der Waals surface area contributed by atoms with Crippen LogP contribution < -0.4 is 10.1 Å². The molecule has 3 rings (SSSR count). The number of alkyl halides is 1. The quantitative estimate of drug-likeness (QED) is 0.744. The van der Waals surface area contributed by atoms with Crippen molar-refractivity contribution in [2.24, 2.45) is 0 Å². The Morgan fingerprint density at radius 1 is 1.38 bits per heavy atom. The van der Waals surface area contributed by atoms with Gasteiger partial charge < -0.3 is 15.0 Å². The first-order chi connectivity index (χ1) is 13.6. The average molecular weight is 405 g/mol. The molecule has 0 radical (unpaired) electrons. The Hall–Kier alpha value is -2.80. The minimum absolute atomic E-state index is 0.0981. The van der Waals surface area contributed by atoms with Crippen LogP contribution in [0.4, 0.5) is 20.4 Å². The summed E-state index contributed by atoms with van der Waals surface area (Å²) >= 11 is 0. The summed E-state index contributed by atoms with van der Waals surface area (Å²) in [5.74, 6) is -0.959. The summed E-state index contributed by atoms with van der Waals surface area (Å²) in [5.41, 5.74) is -1.13. The van der Waals surface area contributed by atoms with Crippen molar-refractivity contribution in [3.63, 3.8) is 0 Å². The Morgan fingerprint density at radius 2 is 2.07 bits per heavy atom. The lowest BCUT2D eigenvalue weighted by Crippen LogP contribution is -2.43. The van der Waals surface area contributed by atoms with Gasteiger partial charge in [-0.1, -0.05) is 0 Å². The molecule has 156 valence electrons. The van der Waals surface area contributed by atoms with Gasteiger partial charge in [0.15, 0.2) is 0 Å². The van der Waals surface area contributed by atoms with E-state index in [0.717, 1.165) is 6.20 Å². The summed E-state index contributed by atoms with van der Waals surface area (Å²) in [5, 5.41) is 7.28. The van der Waals surface area contributed by atoms with Gasteiger partial charge in [0.2, 0.25) is 11.8 Å². The molecule has 0 aromatic carbocycles. The summed E-state index contributed by atoms with van der Waals surface area (Å²) in [6, 6.07) is 0. The molecule has 0 unspecified atom stereocenters. The number of nitrogens with zero attached hydrogens (tertiary/aromatic N) is 6. The Kier molecular flexibility index (Phi) is 5.71. The molecular weight excluding hydrogens is 380 g/mol. The lowest BCUT2D eigenvalue weighted by Gasteiger charge is -2.33. The van der Waals surface area contributed by atoms with E-state index in [9.17, 15) is 8.78 Å². The number of hydrogen-bond donors (Lipinski definition) is 1. The van der Waals surface area contributed by atoms with Crippen LogP contribution in [-0.2, 0) is 5.66 Å². The van der Waals surface area contributed by atoms with Crippen LogP contribution in [0.2, 0.25) is 0 Å². The average Bonchev–Trinajstić information content (AvgIpc) is 3.06. The molecule has 1 aliphatic heterocycles. The number of aromatic nitrogens is 4. The number of halogens is 2. The molecule has 1 N–H and O–H groups in total. The topological polar surface area (TPSA) is 72.5 Å². The number of hydrogen-bond acceptors (Lipinski definition) is 6. The predicted molar refractivity (Wildman–Crippen MR) is 104 cm³/mol. The Balaban J connectivity index is 1.72. The first-order valence-electron chi connectivity index (χ1n) is 9.37. The minimum Gasteiger partial charge on any atom is -0.472 e. The van der Waals surface area contributed by atoms with Gasteiger partial charge in [-0.25, -0.2) is 15.9 Å². The van der Waals surface area contributed by atoms with Crippen LogP contribution >= 0.6 is 0 Å². The van der Waals surface area contributed by atoms with Crippen LogP contribution in [0.15, 0.2) is 12.4 Å². The molecular formula is C19H25F2N7O. The maximum Gasteiger partial charge on any atom is 0.319 e. The summed E-state index contributed by atoms with van der Waals surface area (Å²) in [6.45, 7) is 13.5. The van der Waals surface area contributed by atoms with E-state index in [1.807, 2.05) is 11.9 Å². The smallest absolute Gasteiger partial charge is 0.319 e. The molecule has 3 heterocycles. The maximum absolute atomic E-state index is 14.8. The highest BCUT2D eigenvalue weighted by atomic mass is 19.1. The standard InChI is InChI=1S/C19H25F2N7O/c1-13-15(11-28(26-13)18(2,3)22-4)24-17-23-10-14(20)16(25-17)29-12-19(21)6-8-27(5)9-7-19/h10-11H,6-9,12H2,1-3,5H3,(H,23,24,25). The lowest BCUT2D eigenvalue weighted by molar-refractivity contribution is 0.0217. The summed E-state index contributed by atoms with van der Waals surface area (Å²) in [6.07, 6.45) is 3.30. The molecule has 0 bridgehead atoms. The number of anilines is 2. The molecule has 1 saturated heterocycles. The Labute approximate surface area is 168 Å². The largest absolute Gasteiger partial charge is 0.472 e. The van der Waals surface area contributed by atoms with Gasteiger partial charge in [0.05, 0.1) is 23.8 Å². The molecule has 2 aromatic rings. The van der Waals surface area contributed by atoms with Crippen molar-refractivity contribution in [3.8, 4) is 5.88 Å². The van der Waals surface area contributed by atoms with Gasteiger partial charge in [-0.15, -0.1) is 0 Å². The molecule has 10 heteroatoms. The number of ether oxygens (including phenoxy) is 1. The lowest BCUT2D eigenvalue weighted by atomic mass is 9.95. The van der Waals surface area contributed by atoms with Gasteiger partial charge in [-0.05, 0) is 26.8 Å². The van der Waals surface area contributed by atoms with Crippen molar-refractivity contribution in [2.75, 3.05) is 32.1 Å². The molecule has 0 spiro atoms. The molecule has 29 heavy (non-hydrogen) atoms. The third-order valence-electron chi connectivity index (χ3n) is 5.04. The van der Waals surface area contributed by atoms with Gasteiger partial charge in [0.1, 0.15) is 12.3 Å². The first-order valence-corrected chi connectivity index (χ1v) is 9.37. The van der Waals surface area contributed by atoms with E-state index in [4.69, 9.17) is 11.3 Å². The molecule has 0 aliphatic carbocycles. The van der Waals surface area contributed by atoms with E-state index < -0.39 is 17.1 Å². The molecule has 2 aromatic heterocycles. The van der Waals surface area contributed by atoms with Crippen molar-refractivity contribution in [3.05, 3.63) is 35.3 Å². The fraction of sp³-hybridized carbons (Fsp3) is 0.579. The predicted octanol–water partition coefficient (Wildman–Crippen LogP) is 3.29. The van der Waals surface area contributed by atoms with E-state index in [1.54, 1.807) is 27.0 Å². The van der Waals surface area contributed by atoms with E-state index in [2.05, 4.69) is 25.2 Å². The molecule has 0 amide bonds. The summed E-state index contributed by atoms with van der Waals surface area (Å²) < 4.78 is 35.8. The number of rotatable bonds is 6. The van der Waals surface area contributed by atoms with Crippen molar-refractivity contribution in [1.82, 2.24) is 24.6 Å². The van der Waals surface area contributed by atoms with Gasteiger partial charge in [-0.2, -0.15) is 19.2 Å². The highest BCUT2D eigenvalue weighted by Crippen LogP contribution is 2.28. The normalized spacial score (nSPS) is 17.0. The first kappa shape index (κ1) is 20.9. The zero-order valence-corrected chi connectivity index (χ0v) is 17.0. The number of likely N-dealkylation sites (tertiary alicyclic amines) is 1. The van der Waals surface area contributed by atoms with Crippen LogP contribution in [0.3, 0.4) is 0 Å². The maximum atomic E-state index is 14.8. The zero-order valence-electron chi connectivity index (χ0n) is 17.0. The SMILES string of the molecule is [C-]#[N+]C(C)(C)n1cc(Nc2ncc(F)c(OCC3(F)CCN(C)CC3)n2)c(C)n1. The second-order valence-corrected chi connectivity index (χ2v) is 7.89. The van der Waals surface area contributed by atoms with E-state index >= 15 is 0 Å². The molecule has 1 fully saturated rings. The summed E-state index contributed by atoms with van der Waals surface area (Å²) in [7, 11) is 1.94. The second-order valence-electron chi connectivity index (χ2n) is 7.89. The molecule has 0 atom stereocenters. The molecule has 8 nitrogen and oxygen atoms in total. The van der Waals surface area contributed by atoms with Gasteiger partial charge in [-0.3, -0.25) is 4.85 Å². The van der Waals surface area contributed by atoms with Gasteiger partial charge in [0, 0.05) is 26.9 Å². The molecule has 0 saturated carbocycles. The van der Waals surface area contributed by atoms with Crippen molar-refractivity contribution >= 4 is 11.6 Å². The van der Waals surface area contributed by atoms with Crippen LogP contribution in [0.5, 0.6) is 5.88 Å².